The first-order valence-electron chi connectivity index (χ1n) is 7.52. The fourth-order valence-corrected chi connectivity index (χ4v) is 1.90. The van der Waals surface area contributed by atoms with Crippen molar-refractivity contribution in [3.05, 3.63) is 54.4 Å². The van der Waals surface area contributed by atoms with Gasteiger partial charge in [0.25, 0.3) is 0 Å². The molecule has 0 bridgehead atoms. The minimum atomic E-state index is -0.657. The summed E-state index contributed by atoms with van der Waals surface area (Å²) in [6, 6.07) is 11.6. The molecule has 124 valence electrons. The van der Waals surface area contributed by atoms with Crippen LogP contribution in [0.1, 0.15) is 5.56 Å². The van der Waals surface area contributed by atoms with Crippen molar-refractivity contribution in [2.75, 3.05) is 26.3 Å². The van der Waals surface area contributed by atoms with Crippen molar-refractivity contribution in [1.82, 2.24) is 10.3 Å². The molecule has 23 heavy (non-hydrogen) atoms. The van der Waals surface area contributed by atoms with Crippen molar-refractivity contribution < 1.29 is 19.7 Å². The number of hydrogen-bond acceptors (Lipinski definition) is 6. The monoisotopic (exact) mass is 318 g/mol. The molecule has 1 atom stereocenters. The first-order chi connectivity index (χ1) is 11.3. The zero-order valence-corrected chi connectivity index (χ0v) is 12.9. The molecule has 0 saturated carbocycles. The van der Waals surface area contributed by atoms with E-state index >= 15 is 0 Å². The van der Waals surface area contributed by atoms with E-state index in [0.29, 0.717) is 31.2 Å². The summed E-state index contributed by atoms with van der Waals surface area (Å²) in [5, 5.41) is 21.3. The largest absolute Gasteiger partial charge is 0.489 e. The molecule has 0 spiro atoms. The Morgan fingerprint density at radius 1 is 1.09 bits per heavy atom. The van der Waals surface area contributed by atoms with Gasteiger partial charge in [-0.2, -0.15) is 0 Å². The van der Waals surface area contributed by atoms with Gasteiger partial charge < -0.3 is 25.0 Å². The van der Waals surface area contributed by atoms with E-state index in [1.807, 2.05) is 30.3 Å². The van der Waals surface area contributed by atoms with Crippen LogP contribution in [0.25, 0.3) is 0 Å². The van der Waals surface area contributed by atoms with E-state index < -0.39 is 6.10 Å². The molecule has 2 rings (SSSR count). The Morgan fingerprint density at radius 2 is 1.83 bits per heavy atom. The fraction of sp³-hybridized carbons (Fsp3) is 0.353. The molecule has 0 amide bonds. The molecule has 1 aromatic heterocycles. The molecule has 3 N–H and O–H groups in total. The van der Waals surface area contributed by atoms with Crippen molar-refractivity contribution in [1.29, 1.82) is 0 Å². The maximum atomic E-state index is 9.74. The molecule has 1 unspecified atom stereocenters. The quantitative estimate of drug-likeness (QED) is 0.567. The number of benzene rings is 1. The molecule has 1 heterocycles. The second-order valence-corrected chi connectivity index (χ2v) is 5.02. The highest BCUT2D eigenvalue weighted by Crippen LogP contribution is 2.18. The lowest BCUT2D eigenvalue weighted by atomic mass is 10.2. The zero-order chi connectivity index (χ0) is 16.3. The van der Waals surface area contributed by atoms with Crippen molar-refractivity contribution in [3.63, 3.8) is 0 Å². The predicted molar refractivity (Wildman–Crippen MR) is 86.5 cm³/mol. The van der Waals surface area contributed by atoms with Gasteiger partial charge in [0.1, 0.15) is 30.8 Å². The van der Waals surface area contributed by atoms with Gasteiger partial charge in [-0.3, -0.25) is 4.98 Å². The first-order valence-corrected chi connectivity index (χ1v) is 7.52. The number of nitrogens with zero attached hydrogens (tertiary/aromatic N) is 1. The smallest absolute Gasteiger partial charge is 0.141 e. The molecule has 6 nitrogen and oxygen atoms in total. The minimum absolute atomic E-state index is 0.0400. The van der Waals surface area contributed by atoms with E-state index in [2.05, 4.69) is 10.3 Å². The highest BCUT2D eigenvalue weighted by atomic mass is 16.5. The summed E-state index contributed by atoms with van der Waals surface area (Å²) in [4.78, 5) is 4.07. The van der Waals surface area contributed by atoms with Crippen LogP contribution in [0.4, 0.5) is 0 Å². The summed E-state index contributed by atoms with van der Waals surface area (Å²) in [5.74, 6) is 1.15. The van der Waals surface area contributed by atoms with E-state index in [1.54, 1.807) is 18.5 Å². The van der Waals surface area contributed by atoms with Crippen molar-refractivity contribution in [3.8, 4) is 11.5 Å². The lowest BCUT2D eigenvalue weighted by Crippen LogP contribution is -2.32. The second kappa shape index (κ2) is 9.78. The first kappa shape index (κ1) is 17.2. The summed E-state index contributed by atoms with van der Waals surface area (Å²) in [5.41, 5.74) is 1.07. The van der Waals surface area contributed by atoms with Crippen LogP contribution < -0.4 is 14.8 Å². The van der Waals surface area contributed by atoms with Gasteiger partial charge in [0.15, 0.2) is 0 Å². The number of aliphatic hydroxyl groups is 2. The third-order valence-corrected chi connectivity index (χ3v) is 3.05. The summed E-state index contributed by atoms with van der Waals surface area (Å²) in [6.07, 6.45) is 2.54. The third-order valence-electron chi connectivity index (χ3n) is 3.05. The van der Waals surface area contributed by atoms with E-state index in [0.717, 1.165) is 5.56 Å². The third kappa shape index (κ3) is 6.65. The van der Waals surface area contributed by atoms with Gasteiger partial charge in [0.05, 0.1) is 19.0 Å². The van der Waals surface area contributed by atoms with Crippen LogP contribution in [0.2, 0.25) is 0 Å². The Balaban J connectivity index is 1.78. The fourth-order valence-electron chi connectivity index (χ4n) is 1.90. The van der Waals surface area contributed by atoms with Crippen molar-refractivity contribution in [2.24, 2.45) is 0 Å². The Labute approximate surface area is 135 Å². The summed E-state index contributed by atoms with van der Waals surface area (Å²) < 4.78 is 11.2. The molecular formula is C17H22N2O4. The Morgan fingerprint density at radius 3 is 2.57 bits per heavy atom. The highest BCUT2D eigenvalue weighted by Gasteiger charge is 2.06. The molecule has 0 fully saturated rings. The molecule has 0 radical (unpaired) electrons. The average Bonchev–Trinajstić information content (AvgIpc) is 2.60. The molecular weight excluding hydrogens is 296 g/mol. The van der Waals surface area contributed by atoms with Crippen molar-refractivity contribution >= 4 is 0 Å². The van der Waals surface area contributed by atoms with Crippen molar-refractivity contribution in [2.45, 2.75) is 12.7 Å². The normalized spacial score (nSPS) is 11.9. The maximum Gasteiger partial charge on any atom is 0.141 e. The van der Waals surface area contributed by atoms with Crippen LogP contribution in [0.5, 0.6) is 11.5 Å². The molecule has 2 aromatic rings. The summed E-state index contributed by atoms with van der Waals surface area (Å²) in [7, 11) is 0. The van der Waals surface area contributed by atoms with E-state index in [9.17, 15) is 5.11 Å². The van der Waals surface area contributed by atoms with Crippen LogP contribution in [-0.2, 0) is 6.61 Å². The molecule has 0 saturated heterocycles. The van der Waals surface area contributed by atoms with E-state index in [4.69, 9.17) is 14.6 Å². The summed E-state index contributed by atoms with van der Waals surface area (Å²) >= 11 is 0. The molecule has 0 aliphatic rings. The average molecular weight is 318 g/mol. The number of pyridine rings is 1. The van der Waals surface area contributed by atoms with Gasteiger partial charge in [-0.05, 0) is 5.56 Å². The number of ether oxygens (including phenoxy) is 2. The highest BCUT2D eigenvalue weighted by molar-refractivity contribution is 5.28. The Bertz CT molecular complexity index is 566. The molecule has 0 aliphatic carbocycles. The lowest BCUT2D eigenvalue weighted by Gasteiger charge is -2.13. The van der Waals surface area contributed by atoms with Crippen LogP contribution in [0.3, 0.4) is 0 Å². The predicted octanol–water partition coefficient (Wildman–Crippen LogP) is 0.982. The van der Waals surface area contributed by atoms with Gasteiger partial charge in [-0.1, -0.05) is 30.3 Å². The van der Waals surface area contributed by atoms with Gasteiger partial charge in [0.2, 0.25) is 0 Å². The number of aromatic nitrogens is 1. The number of rotatable bonds is 10. The Kier molecular flexibility index (Phi) is 7.32. The SMILES string of the molecule is OCCNCC(O)COc1cncc(OCc2ccccc2)c1. The van der Waals surface area contributed by atoms with E-state index in [-0.39, 0.29) is 13.2 Å². The molecule has 6 heteroatoms. The minimum Gasteiger partial charge on any atom is -0.489 e. The van der Waals surface area contributed by atoms with Gasteiger partial charge >= 0.3 is 0 Å². The van der Waals surface area contributed by atoms with Crippen LogP contribution in [-0.4, -0.2) is 47.6 Å². The van der Waals surface area contributed by atoms with Gasteiger partial charge in [-0.15, -0.1) is 0 Å². The van der Waals surface area contributed by atoms with Crippen LogP contribution >= 0.6 is 0 Å². The maximum absolute atomic E-state index is 9.74. The van der Waals surface area contributed by atoms with Gasteiger partial charge in [0, 0.05) is 19.2 Å². The van der Waals surface area contributed by atoms with Crippen LogP contribution in [0.15, 0.2) is 48.8 Å². The Hall–Kier alpha value is -2.15. The van der Waals surface area contributed by atoms with Crippen LogP contribution in [0, 0.1) is 0 Å². The standard InChI is InChI=1S/C17H22N2O4/c20-7-6-18-9-15(21)13-23-17-8-16(10-19-11-17)22-12-14-4-2-1-3-5-14/h1-5,8,10-11,15,18,20-21H,6-7,9,12-13H2. The lowest BCUT2D eigenvalue weighted by molar-refractivity contribution is 0.104. The number of aliphatic hydroxyl groups excluding tert-OH is 2. The van der Waals surface area contributed by atoms with E-state index in [1.165, 1.54) is 0 Å². The topological polar surface area (TPSA) is 83.8 Å². The molecule has 0 aliphatic heterocycles. The molecule has 1 aromatic carbocycles. The van der Waals surface area contributed by atoms with Gasteiger partial charge in [-0.25, -0.2) is 0 Å². The zero-order valence-electron chi connectivity index (χ0n) is 12.9. The number of hydrogen-bond donors (Lipinski definition) is 3. The second-order valence-electron chi connectivity index (χ2n) is 5.02. The summed E-state index contributed by atoms with van der Waals surface area (Å²) in [6.45, 7) is 1.44. The number of nitrogens with one attached hydrogen (secondary N) is 1.